The SMILES string of the molecule is C(=NNc1nc(-c2ccccc2)cs1)c1ccccc1OC1CCCC1. The quantitative estimate of drug-likeness (QED) is 0.459. The van der Waals surface area contributed by atoms with Crippen LogP contribution in [0.25, 0.3) is 11.3 Å². The Balaban J connectivity index is 1.42. The number of nitrogens with one attached hydrogen (secondary N) is 1. The lowest BCUT2D eigenvalue weighted by atomic mass is 10.2. The molecule has 1 aromatic heterocycles. The Kier molecular flexibility index (Phi) is 5.26. The van der Waals surface area contributed by atoms with Crippen LogP contribution < -0.4 is 10.2 Å². The Hall–Kier alpha value is -2.66. The van der Waals surface area contributed by atoms with Gasteiger partial charge in [0.2, 0.25) is 5.13 Å². The van der Waals surface area contributed by atoms with Gasteiger partial charge in [0.25, 0.3) is 0 Å². The van der Waals surface area contributed by atoms with Crippen molar-refractivity contribution in [1.82, 2.24) is 4.98 Å². The second kappa shape index (κ2) is 8.15. The van der Waals surface area contributed by atoms with Gasteiger partial charge in [-0.25, -0.2) is 4.98 Å². The van der Waals surface area contributed by atoms with E-state index in [1.54, 1.807) is 17.6 Å². The van der Waals surface area contributed by atoms with Crippen LogP contribution in [-0.2, 0) is 0 Å². The molecule has 132 valence electrons. The van der Waals surface area contributed by atoms with Crippen molar-refractivity contribution < 1.29 is 4.74 Å². The Morgan fingerprint density at radius 3 is 2.65 bits per heavy atom. The number of hydrazone groups is 1. The summed E-state index contributed by atoms with van der Waals surface area (Å²) in [5.41, 5.74) is 6.07. The first-order valence-electron chi connectivity index (χ1n) is 8.94. The number of benzene rings is 2. The van der Waals surface area contributed by atoms with Crippen LogP contribution in [0.1, 0.15) is 31.2 Å². The average Bonchev–Trinajstić information content (AvgIpc) is 3.36. The van der Waals surface area contributed by atoms with Gasteiger partial charge in [0, 0.05) is 16.5 Å². The van der Waals surface area contributed by atoms with E-state index in [1.165, 1.54) is 12.8 Å². The second-order valence-corrected chi connectivity index (χ2v) is 7.19. The molecule has 1 heterocycles. The molecule has 1 N–H and O–H groups in total. The predicted molar refractivity (Wildman–Crippen MR) is 108 cm³/mol. The lowest BCUT2D eigenvalue weighted by molar-refractivity contribution is 0.210. The number of nitrogens with zero attached hydrogens (tertiary/aromatic N) is 2. The minimum Gasteiger partial charge on any atom is -0.490 e. The molecular formula is C21H21N3OS. The van der Waals surface area contributed by atoms with E-state index in [0.717, 1.165) is 40.5 Å². The van der Waals surface area contributed by atoms with Crippen molar-refractivity contribution in [3.05, 3.63) is 65.5 Å². The first kappa shape index (κ1) is 16.8. The summed E-state index contributed by atoms with van der Waals surface area (Å²) < 4.78 is 6.14. The van der Waals surface area contributed by atoms with Crippen LogP contribution in [0.3, 0.4) is 0 Å². The van der Waals surface area contributed by atoms with E-state index in [2.05, 4.69) is 27.6 Å². The maximum absolute atomic E-state index is 6.14. The van der Waals surface area contributed by atoms with Crippen molar-refractivity contribution >= 4 is 22.7 Å². The van der Waals surface area contributed by atoms with Gasteiger partial charge in [0.15, 0.2) is 0 Å². The standard InChI is InChI=1S/C21H21N3OS/c1-2-8-16(9-3-1)19-15-26-21(23-19)24-22-14-17-10-4-7-13-20(17)25-18-11-5-6-12-18/h1-4,7-10,13-15,18H,5-6,11-12H2,(H,23,24). The van der Waals surface area contributed by atoms with Gasteiger partial charge in [-0.15, -0.1) is 11.3 Å². The highest BCUT2D eigenvalue weighted by Crippen LogP contribution is 2.26. The highest BCUT2D eigenvalue weighted by Gasteiger charge is 2.17. The summed E-state index contributed by atoms with van der Waals surface area (Å²) in [5.74, 6) is 0.897. The van der Waals surface area contributed by atoms with Crippen LogP contribution in [-0.4, -0.2) is 17.3 Å². The summed E-state index contributed by atoms with van der Waals surface area (Å²) in [6, 6.07) is 18.2. The smallest absolute Gasteiger partial charge is 0.203 e. The molecule has 1 fully saturated rings. The van der Waals surface area contributed by atoms with E-state index in [4.69, 9.17) is 4.74 Å². The van der Waals surface area contributed by atoms with Gasteiger partial charge >= 0.3 is 0 Å². The fraction of sp³-hybridized carbons (Fsp3) is 0.238. The van der Waals surface area contributed by atoms with Crippen molar-refractivity contribution in [1.29, 1.82) is 0 Å². The van der Waals surface area contributed by atoms with Gasteiger partial charge in [-0.05, 0) is 37.8 Å². The molecule has 5 heteroatoms. The third-order valence-corrected chi connectivity index (χ3v) is 5.20. The topological polar surface area (TPSA) is 46.5 Å². The first-order chi connectivity index (χ1) is 12.9. The number of anilines is 1. The molecule has 0 aliphatic heterocycles. The van der Waals surface area contributed by atoms with E-state index >= 15 is 0 Å². The van der Waals surface area contributed by atoms with Crippen molar-refractivity contribution in [3.8, 4) is 17.0 Å². The minimum absolute atomic E-state index is 0.338. The van der Waals surface area contributed by atoms with Crippen molar-refractivity contribution in [2.75, 3.05) is 5.43 Å². The molecule has 1 aliphatic carbocycles. The molecule has 4 nitrogen and oxygen atoms in total. The lowest BCUT2D eigenvalue weighted by Crippen LogP contribution is -2.12. The van der Waals surface area contributed by atoms with Crippen LogP contribution in [0.15, 0.2) is 65.1 Å². The number of hydrogen-bond donors (Lipinski definition) is 1. The van der Waals surface area contributed by atoms with E-state index < -0.39 is 0 Å². The molecule has 0 atom stereocenters. The third kappa shape index (κ3) is 4.11. The summed E-state index contributed by atoms with van der Waals surface area (Å²) >= 11 is 1.54. The van der Waals surface area contributed by atoms with Crippen molar-refractivity contribution in [2.24, 2.45) is 5.10 Å². The van der Waals surface area contributed by atoms with Crippen LogP contribution in [0.2, 0.25) is 0 Å². The predicted octanol–water partition coefficient (Wildman–Crippen LogP) is 5.58. The number of hydrogen-bond acceptors (Lipinski definition) is 5. The van der Waals surface area contributed by atoms with Gasteiger partial charge in [0.05, 0.1) is 18.0 Å². The highest BCUT2D eigenvalue weighted by molar-refractivity contribution is 7.14. The monoisotopic (exact) mass is 363 g/mol. The van der Waals surface area contributed by atoms with Crippen LogP contribution in [0.4, 0.5) is 5.13 Å². The summed E-state index contributed by atoms with van der Waals surface area (Å²) in [6.45, 7) is 0. The average molecular weight is 363 g/mol. The molecule has 3 aromatic rings. The van der Waals surface area contributed by atoms with E-state index in [1.807, 2.05) is 47.8 Å². The molecule has 0 unspecified atom stereocenters. The molecule has 0 amide bonds. The van der Waals surface area contributed by atoms with Gasteiger partial charge in [-0.3, -0.25) is 5.43 Å². The van der Waals surface area contributed by atoms with Crippen molar-refractivity contribution in [2.45, 2.75) is 31.8 Å². The highest BCUT2D eigenvalue weighted by atomic mass is 32.1. The summed E-state index contributed by atoms with van der Waals surface area (Å²) in [5, 5.41) is 7.15. The van der Waals surface area contributed by atoms with Crippen LogP contribution in [0, 0.1) is 0 Å². The largest absolute Gasteiger partial charge is 0.490 e. The molecule has 0 bridgehead atoms. The van der Waals surface area contributed by atoms with E-state index in [9.17, 15) is 0 Å². The maximum atomic E-state index is 6.14. The van der Waals surface area contributed by atoms with Crippen molar-refractivity contribution in [3.63, 3.8) is 0 Å². The van der Waals surface area contributed by atoms with Gasteiger partial charge in [-0.2, -0.15) is 5.10 Å². The van der Waals surface area contributed by atoms with Crippen LogP contribution >= 0.6 is 11.3 Å². The molecule has 1 saturated carbocycles. The Bertz CT molecular complexity index is 870. The lowest BCUT2D eigenvalue weighted by Gasteiger charge is -2.14. The normalized spacial score (nSPS) is 14.8. The molecular weight excluding hydrogens is 342 g/mol. The Labute approximate surface area is 157 Å². The fourth-order valence-corrected chi connectivity index (χ4v) is 3.77. The molecule has 0 radical (unpaired) electrons. The number of thiazole rings is 1. The Morgan fingerprint density at radius 1 is 1.04 bits per heavy atom. The number of ether oxygens (including phenoxy) is 1. The zero-order chi connectivity index (χ0) is 17.6. The second-order valence-electron chi connectivity index (χ2n) is 6.34. The third-order valence-electron chi connectivity index (χ3n) is 4.45. The molecule has 0 spiro atoms. The first-order valence-corrected chi connectivity index (χ1v) is 9.82. The molecule has 0 saturated heterocycles. The summed E-state index contributed by atoms with van der Waals surface area (Å²) in [7, 11) is 0. The van der Waals surface area contributed by atoms with Gasteiger partial charge < -0.3 is 4.74 Å². The molecule has 4 rings (SSSR count). The molecule has 2 aromatic carbocycles. The summed E-state index contributed by atoms with van der Waals surface area (Å²) in [6.07, 6.45) is 6.95. The zero-order valence-electron chi connectivity index (χ0n) is 14.5. The molecule has 1 aliphatic rings. The number of aromatic nitrogens is 1. The zero-order valence-corrected chi connectivity index (χ0v) is 15.3. The van der Waals surface area contributed by atoms with Gasteiger partial charge in [0.1, 0.15) is 5.75 Å². The van der Waals surface area contributed by atoms with Gasteiger partial charge in [-0.1, -0.05) is 42.5 Å². The summed E-state index contributed by atoms with van der Waals surface area (Å²) in [4.78, 5) is 4.58. The van der Waals surface area contributed by atoms with E-state index in [0.29, 0.717) is 6.10 Å². The van der Waals surface area contributed by atoms with Crippen LogP contribution in [0.5, 0.6) is 5.75 Å². The number of para-hydroxylation sites is 1. The fourth-order valence-electron chi connectivity index (χ4n) is 3.10. The molecule has 26 heavy (non-hydrogen) atoms. The Morgan fingerprint density at radius 2 is 1.81 bits per heavy atom. The minimum atomic E-state index is 0.338. The van der Waals surface area contributed by atoms with E-state index in [-0.39, 0.29) is 0 Å². The maximum Gasteiger partial charge on any atom is 0.203 e. The number of rotatable bonds is 6.